The van der Waals surface area contributed by atoms with Crippen molar-refractivity contribution in [2.75, 3.05) is 13.2 Å². The first-order chi connectivity index (χ1) is 15.6. The molecule has 0 saturated carbocycles. The number of ketones is 2. The van der Waals surface area contributed by atoms with Crippen molar-refractivity contribution in [3.8, 4) is 0 Å². The molecule has 0 aromatic carbocycles. The Hall–Kier alpha value is -4.26. The minimum Gasteiger partial charge on any atom is -0.461 e. The van der Waals surface area contributed by atoms with Gasteiger partial charge in [0, 0.05) is 6.54 Å². The average Bonchev–Trinajstić information content (AvgIpc) is 2.81. The van der Waals surface area contributed by atoms with Crippen LogP contribution in [0.15, 0.2) is 108 Å². The van der Waals surface area contributed by atoms with Crippen LogP contribution in [0, 0.1) is 0 Å². The second kappa shape index (κ2) is 11.2. The molecule has 0 atom stereocenters. The number of carbonyl (C=O) groups is 4. The van der Waals surface area contributed by atoms with Gasteiger partial charge in [0.05, 0.1) is 6.61 Å². The molecule has 3 rings (SSSR count). The molecule has 0 unspecified atom stereocenters. The minimum atomic E-state index is -0.903. The highest BCUT2D eigenvalue weighted by Gasteiger charge is 2.32. The molecule has 7 nitrogen and oxygen atoms in total. The zero-order valence-corrected chi connectivity index (χ0v) is 17.2. The van der Waals surface area contributed by atoms with Crippen molar-refractivity contribution in [3.63, 3.8) is 0 Å². The maximum Gasteiger partial charge on any atom is 0.355 e. The van der Waals surface area contributed by atoms with Crippen LogP contribution in [0.1, 0.15) is 6.42 Å². The number of ether oxygens (including phenoxy) is 2. The second-order valence-electron chi connectivity index (χ2n) is 6.64. The number of carbonyl (C=O) groups excluding carboxylic acids is 4. The van der Waals surface area contributed by atoms with Crippen molar-refractivity contribution >= 4 is 23.4 Å². The van der Waals surface area contributed by atoms with Crippen LogP contribution < -0.4 is 0 Å². The van der Waals surface area contributed by atoms with Gasteiger partial charge in [-0.25, -0.2) is 4.79 Å². The maximum absolute atomic E-state index is 12.8. The molecule has 162 valence electrons. The standard InChI is InChI=1S/C25H21NO6/c27-19-11-4-2-1-3-5-13-20-14-10-16-22(32-20)23(28)24(29)26-17-8-6-15-21(26)25(30)31-18-9-7-12-19/h1-8,10-16H,9,17-18H2/b2-1-,5-3-,11-4-,12-7-,20-13-. The number of nitrogens with zero attached hydrogens (tertiary/aromatic N) is 1. The number of hydrogen-bond donors (Lipinski definition) is 0. The SMILES string of the molecule is O=C1\C=C/C=C\C=C/C=C2/C=CC=C(O2)C(=O)C(=O)N2CC=CC=C2C(=O)OCC/C=C\1. The average molecular weight is 431 g/mol. The maximum atomic E-state index is 12.8. The zero-order valence-electron chi connectivity index (χ0n) is 17.2. The Labute approximate surface area is 185 Å². The molecule has 0 aromatic rings. The fraction of sp³-hybridized carbons (Fsp3) is 0.120. The van der Waals surface area contributed by atoms with Crippen molar-refractivity contribution in [2.45, 2.75) is 6.42 Å². The molecule has 3 aliphatic rings. The number of allylic oxidation sites excluding steroid dienone is 13. The summed E-state index contributed by atoms with van der Waals surface area (Å²) in [4.78, 5) is 50.9. The van der Waals surface area contributed by atoms with Gasteiger partial charge < -0.3 is 9.47 Å². The zero-order chi connectivity index (χ0) is 22.8. The predicted octanol–water partition coefficient (Wildman–Crippen LogP) is 2.93. The van der Waals surface area contributed by atoms with Crippen molar-refractivity contribution in [2.24, 2.45) is 0 Å². The number of fused-ring (bicyclic) bond motifs is 3. The van der Waals surface area contributed by atoms with Crippen LogP contribution in [-0.2, 0) is 28.7 Å². The van der Waals surface area contributed by atoms with Crippen LogP contribution in [-0.4, -0.2) is 41.5 Å². The van der Waals surface area contributed by atoms with E-state index in [2.05, 4.69) is 0 Å². The number of Topliss-reactive ketones (excluding diaryl/α,β-unsaturated/α-hetero) is 1. The first-order valence-electron chi connectivity index (χ1n) is 9.95. The molecule has 3 heterocycles. The number of esters is 1. The van der Waals surface area contributed by atoms with E-state index in [-0.39, 0.29) is 30.4 Å². The molecule has 32 heavy (non-hydrogen) atoms. The summed E-state index contributed by atoms with van der Waals surface area (Å²) in [7, 11) is 0. The molecule has 3 aliphatic heterocycles. The fourth-order valence-electron chi connectivity index (χ4n) is 2.79. The van der Waals surface area contributed by atoms with Crippen molar-refractivity contribution in [3.05, 3.63) is 108 Å². The number of rotatable bonds is 0. The predicted molar refractivity (Wildman–Crippen MR) is 117 cm³/mol. The second-order valence-corrected chi connectivity index (χ2v) is 6.64. The fourth-order valence-corrected chi connectivity index (χ4v) is 2.79. The van der Waals surface area contributed by atoms with Crippen LogP contribution in [0.4, 0.5) is 0 Å². The first kappa shape index (κ1) is 22.4. The lowest BCUT2D eigenvalue weighted by molar-refractivity contribution is -0.147. The van der Waals surface area contributed by atoms with E-state index in [1.807, 2.05) is 0 Å². The molecular formula is C25H21NO6. The molecule has 1 amide bonds. The molecule has 0 aliphatic carbocycles. The van der Waals surface area contributed by atoms with Gasteiger partial charge in [-0.05, 0) is 42.9 Å². The van der Waals surface area contributed by atoms with Crippen LogP contribution in [0.3, 0.4) is 0 Å². The van der Waals surface area contributed by atoms with Crippen molar-refractivity contribution in [1.82, 2.24) is 4.90 Å². The first-order valence-corrected chi connectivity index (χ1v) is 9.95. The summed E-state index contributed by atoms with van der Waals surface area (Å²) in [5, 5.41) is 0. The Kier molecular flexibility index (Phi) is 7.86. The van der Waals surface area contributed by atoms with Crippen LogP contribution in [0.2, 0.25) is 0 Å². The molecule has 0 aromatic heterocycles. The van der Waals surface area contributed by atoms with Gasteiger partial charge in [-0.1, -0.05) is 54.7 Å². The highest BCUT2D eigenvalue weighted by Crippen LogP contribution is 2.19. The summed E-state index contributed by atoms with van der Waals surface area (Å²) in [5.74, 6) is -2.50. The molecular weight excluding hydrogens is 410 g/mol. The van der Waals surface area contributed by atoms with Gasteiger partial charge in [0.1, 0.15) is 11.5 Å². The van der Waals surface area contributed by atoms with E-state index >= 15 is 0 Å². The third-order valence-corrected chi connectivity index (χ3v) is 4.34. The van der Waals surface area contributed by atoms with E-state index in [0.29, 0.717) is 12.2 Å². The van der Waals surface area contributed by atoms with E-state index in [4.69, 9.17) is 9.47 Å². The third kappa shape index (κ3) is 6.12. The lowest BCUT2D eigenvalue weighted by atomic mass is 10.1. The topological polar surface area (TPSA) is 90.0 Å². The molecule has 0 fully saturated rings. The number of amides is 1. The Bertz CT molecular complexity index is 1080. The van der Waals surface area contributed by atoms with Crippen molar-refractivity contribution in [1.29, 1.82) is 0 Å². The van der Waals surface area contributed by atoms with E-state index < -0.39 is 17.7 Å². The monoisotopic (exact) mass is 431 g/mol. The molecule has 0 saturated heterocycles. The molecule has 0 N–H and O–H groups in total. The summed E-state index contributed by atoms with van der Waals surface area (Å²) in [5.41, 5.74) is -0.0449. The Morgan fingerprint density at radius 2 is 1.56 bits per heavy atom. The smallest absolute Gasteiger partial charge is 0.355 e. The highest BCUT2D eigenvalue weighted by atomic mass is 16.5. The largest absolute Gasteiger partial charge is 0.461 e. The van der Waals surface area contributed by atoms with E-state index in [9.17, 15) is 19.2 Å². The van der Waals surface area contributed by atoms with Crippen LogP contribution >= 0.6 is 0 Å². The molecule has 7 heteroatoms. The van der Waals surface area contributed by atoms with Gasteiger partial charge in [-0.2, -0.15) is 0 Å². The normalized spacial score (nSPS) is 25.6. The van der Waals surface area contributed by atoms with E-state index in [1.54, 1.807) is 66.8 Å². The van der Waals surface area contributed by atoms with Crippen LogP contribution in [0.5, 0.6) is 0 Å². The molecule has 0 spiro atoms. The number of cyclic esters (lactones) is 1. The van der Waals surface area contributed by atoms with Gasteiger partial charge in [0.2, 0.25) is 0 Å². The summed E-state index contributed by atoms with van der Waals surface area (Å²) < 4.78 is 10.7. The van der Waals surface area contributed by atoms with E-state index in [0.717, 1.165) is 4.90 Å². The Balaban J connectivity index is 1.85. The molecule has 0 radical (unpaired) electrons. The minimum absolute atomic E-state index is 0.0151. The van der Waals surface area contributed by atoms with Gasteiger partial charge in [0.25, 0.3) is 5.78 Å². The van der Waals surface area contributed by atoms with E-state index in [1.165, 1.54) is 24.3 Å². The summed E-state index contributed by atoms with van der Waals surface area (Å²) >= 11 is 0. The quantitative estimate of drug-likeness (QED) is 0.433. The van der Waals surface area contributed by atoms with Crippen LogP contribution in [0.25, 0.3) is 0 Å². The van der Waals surface area contributed by atoms with Gasteiger partial charge >= 0.3 is 11.9 Å². The third-order valence-electron chi connectivity index (χ3n) is 4.34. The summed E-state index contributed by atoms with van der Waals surface area (Å²) in [6, 6.07) is 0. The molecule has 2 bridgehead atoms. The van der Waals surface area contributed by atoms with Gasteiger partial charge in [-0.3, -0.25) is 19.3 Å². The van der Waals surface area contributed by atoms with Crippen molar-refractivity contribution < 1.29 is 28.7 Å². The van der Waals surface area contributed by atoms with Gasteiger partial charge in [0.15, 0.2) is 11.5 Å². The Morgan fingerprint density at radius 1 is 0.750 bits per heavy atom. The number of hydrogen-bond acceptors (Lipinski definition) is 6. The summed E-state index contributed by atoms with van der Waals surface area (Å²) in [6.07, 6.45) is 24.1. The Morgan fingerprint density at radius 3 is 2.44 bits per heavy atom. The highest BCUT2D eigenvalue weighted by molar-refractivity contribution is 6.42. The summed E-state index contributed by atoms with van der Waals surface area (Å²) in [6.45, 7) is 0.0639. The lowest BCUT2D eigenvalue weighted by Gasteiger charge is -2.24. The van der Waals surface area contributed by atoms with Gasteiger partial charge in [-0.15, -0.1) is 0 Å². The lowest BCUT2D eigenvalue weighted by Crippen LogP contribution is -2.41.